The fourth-order valence-electron chi connectivity index (χ4n) is 1.82. The molecule has 5 heteroatoms. The Morgan fingerprint density at radius 2 is 2.12 bits per heavy atom. The molecule has 0 bridgehead atoms. The van der Waals surface area contributed by atoms with Crippen LogP contribution >= 0.6 is 0 Å². The molecule has 0 aromatic heterocycles. The molecule has 1 aliphatic carbocycles. The maximum atomic E-state index is 13.5. The van der Waals surface area contributed by atoms with Gasteiger partial charge >= 0.3 is 0 Å². The maximum absolute atomic E-state index is 13.5. The van der Waals surface area contributed by atoms with Crippen LogP contribution in [0, 0.1) is 11.7 Å². The molecule has 3 nitrogen and oxygen atoms in total. The van der Waals surface area contributed by atoms with Gasteiger partial charge < -0.3 is 5.32 Å². The second-order valence-electron chi connectivity index (χ2n) is 4.59. The zero-order valence-corrected chi connectivity index (χ0v) is 10.6. The van der Waals surface area contributed by atoms with Crippen LogP contribution < -0.4 is 5.32 Å². The van der Waals surface area contributed by atoms with Gasteiger partial charge in [0.05, 0.1) is 10.6 Å². The molecular weight excluding hydrogens is 241 g/mol. The van der Waals surface area contributed by atoms with Crippen molar-refractivity contribution >= 4 is 15.5 Å². The molecule has 0 saturated heterocycles. The van der Waals surface area contributed by atoms with Crippen molar-refractivity contribution < 1.29 is 12.8 Å². The van der Waals surface area contributed by atoms with E-state index in [4.69, 9.17) is 0 Å². The highest BCUT2D eigenvalue weighted by atomic mass is 32.2. The Hall–Kier alpha value is -1.10. The molecule has 0 unspecified atom stereocenters. The molecule has 17 heavy (non-hydrogen) atoms. The van der Waals surface area contributed by atoms with Gasteiger partial charge in [0.1, 0.15) is 5.82 Å². The van der Waals surface area contributed by atoms with Crippen LogP contribution in [0.25, 0.3) is 0 Å². The lowest BCUT2D eigenvalue weighted by Crippen LogP contribution is -2.21. The van der Waals surface area contributed by atoms with Crippen LogP contribution in [-0.4, -0.2) is 21.2 Å². The highest BCUT2D eigenvalue weighted by Gasteiger charge is 2.18. The average Bonchev–Trinajstić information content (AvgIpc) is 2.16. The van der Waals surface area contributed by atoms with Crippen molar-refractivity contribution in [3.8, 4) is 0 Å². The first-order chi connectivity index (χ1) is 7.97. The van der Waals surface area contributed by atoms with E-state index in [0.717, 1.165) is 6.26 Å². The molecule has 0 radical (unpaired) electrons. The van der Waals surface area contributed by atoms with E-state index in [9.17, 15) is 12.8 Å². The Kier molecular flexibility index (Phi) is 3.38. The van der Waals surface area contributed by atoms with Gasteiger partial charge in [0.25, 0.3) is 0 Å². The smallest absolute Gasteiger partial charge is 0.175 e. The molecule has 0 amide bonds. The number of hydrogen-bond acceptors (Lipinski definition) is 3. The lowest BCUT2D eigenvalue weighted by Gasteiger charge is -2.26. The largest absolute Gasteiger partial charge is 0.382 e. The van der Waals surface area contributed by atoms with E-state index >= 15 is 0 Å². The molecule has 0 heterocycles. The molecular formula is C12H16FNO2S. The summed E-state index contributed by atoms with van der Waals surface area (Å²) in [6.07, 6.45) is 4.69. The van der Waals surface area contributed by atoms with Crippen molar-refractivity contribution in [2.75, 3.05) is 18.1 Å². The number of halogens is 1. The summed E-state index contributed by atoms with van der Waals surface area (Å²) in [5, 5.41) is 2.99. The molecule has 1 aliphatic rings. The fourth-order valence-corrected chi connectivity index (χ4v) is 2.47. The first-order valence-corrected chi connectivity index (χ1v) is 7.59. The van der Waals surface area contributed by atoms with E-state index in [1.165, 1.54) is 37.5 Å². The van der Waals surface area contributed by atoms with Crippen molar-refractivity contribution in [3.05, 3.63) is 24.0 Å². The molecule has 1 aromatic rings. The molecule has 1 aromatic carbocycles. The highest BCUT2D eigenvalue weighted by Crippen LogP contribution is 2.27. The van der Waals surface area contributed by atoms with E-state index in [2.05, 4.69) is 5.32 Å². The topological polar surface area (TPSA) is 46.2 Å². The van der Waals surface area contributed by atoms with Crippen LogP contribution in [-0.2, 0) is 9.84 Å². The molecule has 0 atom stereocenters. The van der Waals surface area contributed by atoms with Crippen molar-refractivity contribution in [1.82, 2.24) is 0 Å². The first kappa shape index (κ1) is 12.4. The molecule has 0 aliphatic heterocycles. The van der Waals surface area contributed by atoms with Crippen LogP contribution in [0.1, 0.15) is 19.3 Å². The quantitative estimate of drug-likeness (QED) is 0.843. The van der Waals surface area contributed by atoms with E-state index in [-0.39, 0.29) is 10.6 Å². The summed E-state index contributed by atoms with van der Waals surface area (Å²) >= 11 is 0. The van der Waals surface area contributed by atoms with Crippen molar-refractivity contribution in [1.29, 1.82) is 0 Å². The zero-order chi connectivity index (χ0) is 12.5. The Morgan fingerprint density at radius 1 is 1.41 bits per heavy atom. The number of hydrogen-bond donors (Lipinski definition) is 1. The second-order valence-corrected chi connectivity index (χ2v) is 6.61. The van der Waals surface area contributed by atoms with Gasteiger partial charge in [-0.2, -0.15) is 0 Å². The van der Waals surface area contributed by atoms with Crippen LogP contribution in [0.5, 0.6) is 0 Å². The maximum Gasteiger partial charge on any atom is 0.175 e. The normalized spacial score (nSPS) is 16.6. The van der Waals surface area contributed by atoms with Crippen molar-refractivity contribution in [2.24, 2.45) is 5.92 Å². The van der Waals surface area contributed by atoms with Gasteiger partial charge in [-0.05, 0) is 37.0 Å². The Bertz CT molecular complexity index is 509. The van der Waals surface area contributed by atoms with E-state index < -0.39 is 15.7 Å². The molecule has 1 fully saturated rings. The highest BCUT2D eigenvalue weighted by molar-refractivity contribution is 7.90. The Balaban J connectivity index is 2.14. The number of rotatable bonds is 4. The summed E-state index contributed by atoms with van der Waals surface area (Å²) in [6.45, 7) is 0.712. The third kappa shape index (κ3) is 2.97. The second kappa shape index (κ2) is 4.64. The lowest BCUT2D eigenvalue weighted by atomic mass is 9.85. The molecule has 2 rings (SSSR count). The number of sulfone groups is 1. The van der Waals surface area contributed by atoms with Crippen LogP contribution in [0.4, 0.5) is 10.1 Å². The lowest BCUT2D eigenvalue weighted by molar-refractivity contribution is 0.333. The summed E-state index contributed by atoms with van der Waals surface area (Å²) in [6, 6.07) is 3.85. The number of benzene rings is 1. The molecule has 94 valence electrons. The standard InChI is InChI=1S/C12H16FNO2S/c1-17(15,16)10-5-6-11(13)12(7-10)14-8-9-3-2-4-9/h5-7,9,14H,2-4,8H2,1H3. The van der Waals surface area contributed by atoms with E-state index in [0.29, 0.717) is 12.5 Å². The average molecular weight is 257 g/mol. The SMILES string of the molecule is CS(=O)(=O)c1ccc(F)c(NCC2CCC2)c1. The molecule has 1 saturated carbocycles. The van der Waals surface area contributed by atoms with Crippen molar-refractivity contribution in [3.63, 3.8) is 0 Å². The van der Waals surface area contributed by atoms with Gasteiger partial charge in [-0.3, -0.25) is 0 Å². The van der Waals surface area contributed by atoms with Gasteiger partial charge in [0.15, 0.2) is 9.84 Å². The van der Waals surface area contributed by atoms with Crippen LogP contribution in [0.3, 0.4) is 0 Å². The Morgan fingerprint density at radius 3 is 2.65 bits per heavy atom. The summed E-state index contributed by atoms with van der Waals surface area (Å²) in [5.74, 6) is 0.188. The predicted octanol–water partition coefficient (Wildman–Crippen LogP) is 2.44. The van der Waals surface area contributed by atoms with Gasteiger partial charge in [-0.1, -0.05) is 6.42 Å². The fraction of sp³-hybridized carbons (Fsp3) is 0.500. The van der Waals surface area contributed by atoms with Gasteiger partial charge in [-0.15, -0.1) is 0 Å². The monoisotopic (exact) mass is 257 g/mol. The number of anilines is 1. The predicted molar refractivity (Wildman–Crippen MR) is 65.3 cm³/mol. The minimum absolute atomic E-state index is 0.148. The first-order valence-electron chi connectivity index (χ1n) is 5.70. The summed E-state index contributed by atoms with van der Waals surface area (Å²) in [5.41, 5.74) is 0.278. The third-order valence-electron chi connectivity index (χ3n) is 3.17. The minimum atomic E-state index is -3.28. The minimum Gasteiger partial charge on any atom is -0.382 e. The van der Waals surface area contributed by atoms with Gasteiger partial charge in [0.2, 0.25) is 0 Å². The van der Waals surface area contributed by atoms with Gasteiger partial charge in [-0.25, -0.2) is 12.8 Å². The molecule has 1 N–H and O–H groups in total. The third-order valence-corrected chi connectivity index (χ3v) is 4.28. The van der Waals surface area contributed by atoms with E-state index in [1.807, 2.05) is 0 Å². The van der Waals surface area contributed by atoms with Gasteiger partial charge in [0, 0.05) is 12.8 Å². The number of nitrogens with one attached hydrogen (secondary N) is 1. The zero-order valence-electron chi connectivity index (χ0n) is 9.74. The summed E-state index contributed by atoms with van der Waals surface area (Å²) < 4.78 is 36.2. The Labute approximate surface area is 101 Å². The van der Waals surface area contributed by atoms with Crippen LogP contribution in [0.15, 0.2) is 23.1 Å². The molecule has 0 spiro atoms. The van der Waals surface area contributed by atoms with Crippen molar-refractivity contribution in [2.45, 2.75) is 24.2 Å². The summed E-state index contributed by atoms with van der Waals surface area (Å²) in [7, 11) is -3.28. The summed E-state index contributed by atoms with van der Waals surface area (Å²) in [4.78, 5) is 0.148. The van der Waals surface area contributed by atoms with Crippen LogP contribution in [0.2, 0.25) is 0 Å². The van der Waals surface area contributed by atoms with E-state index in [1.54, 1.807) is 0 Å².